The highest BCUT2D eigenvalue weighted by Gasteiger charge is 2.22. The molecule has 3 aromatic rings. The Balaban J connectivity index is 1.69. The van der Waals surface area contributed by atoms with Crippen LogP contribution in [0.2, 0.25) is 0 Å². The topological polar surface area (TPSA) is 80.5 Å². The molecule has 1 N–H and O–H groups in total. The van der Waals surface area contributed by atoms with E-state index in [0.717, 1.165) is 32.4 Å². The smallest absolute Gasteiger partial charge is 0.257 e. The molecule has 0 atom stereocenters. The van der Waals surface area contributed by atoms with Crippen molar-refractivity contribution in [3.8, 4) is 28.6 Å². The Bertz CT molecular complexity index is 993. The van der Waals surface area contributed by atoms with E-state index in [2.05, 4.69) is 10.1 Å². The maximum atomic E-state index is 13.0. The number of methoxy groups -OCH3 is 1. The number of carbonyl (C=O) groups excluding carboxylic acids is 1. The Morgan fingerprint density at radius 2 is 1.96 bits per heavy atom. The van der Waals surface area contributed by atoms with Crippen LogP contribution < -0.4 is 4.74 Å². The number of nitrogens with zero attached hydrogens (tertiary/aromatic N) is 4. The standard InChI is InChI=1S/C21H22N4O3/c1-28-15-7-8-19(26)17(14-15)18-9-13-25(23-18)20-16(6-5-10-22-20)21(27)24-11-3-2-4-12-24/h5-10,13-14,26H,2-4,11-12H2,1H3. The van der Waals surface area contributed by atoms with Crippen LogP contribution in [0, 0.1) is 0 Å². The fraction of sp³-hybridized carbons (Fsp3) is 0.286. The summed E-state index contributed by atoms with van der Waals surface area (Å²) >= 11 is 0. The van der Waals surface area contributed by atoms with Crippen LogP contribution in [0.3, 0.4) is 0 Å². The van der Waals surface area contributed by atoms with Crippen LogP contribution in [0.1, 0.15) is 29.6 Å². The summed E-state index contributed by atoms with van der Waals surface area (Å²) in [7, 11) is 1.57. The summed E-state index contributed by atoms with van der Waals surface area (Å²) < 4.78 is 6.81. The monoisotopic (exact) mass is 378 g/mol. The minimum Gasteiger partial charge on any atom is -0.507 e. The summed E-state index contributed by atoms with van der Waals surface area (Å²) in [5.41, 5.74) is 1.64. The molecular weight excluding hydrogens is 356 g/mol. The maximum absolute atomic E-state index is 13.0. The Kier molecular flexibility index (Phi) is 4.97. The number of benzene rings is 1. The van der Waals surface area contributed by atoms with Gasteiger partial charge in [-0.2, -0.15) is 5.10 Å². The lowest BCUT2D eigenvalue weighted by atomic mass is 10.1. The van der Waals surface area contributed by atoms with E-state index in [1.54, 1.807) is 60.6 Å². The summed E-state index contributed by atoms with van der Waals surface area (Å²) in [5, 5.41) is 14.7. The molecule has 0 spiro atoms. The number of hydrogen-bond donors (Lipinski definition) is 1. The lowest BCUT2D eigenvalue weighted by molar-refractivity contribution is 0.0723. The molecule has 0 radical (unpaired) electrons. The van der Waals surface area contributed by atoms with E-state index in [9.17, 15) is 9.90 Å². The largest absolute Gasteiger partial charge is 0.507 e. The number of carbonyl (C=O) groups is 1. The van der Waals surface area contributed by atoms with Crippen LogP contribution in [0.25, 0.3) is 17.1 Å². The second-order valence-corrected chi connectivity index (χ2v) is 6.76. The van der Waals surface area contributed by atoms with Gasteiger partial charge in [-0.3, -0.25) is 4.79 Å². The van der Waals surface area contributed by atoms with Gasteiger partial charge in [0.05, 0.1) is 18.4 Å². The zero-order valence-corrected chi connectivity index (χ0v) is 15.7. The Morgan fingerprint density at radius 3 is 2.75 bits per heavy atom. The Morgan fingerprint density at radius 1 is 1.14 bits per heavy atom. The molecule has 1 aliphatic rings. The zero-order chi connectivity index (χ0) is 19.5. The lowest BCUT2D eigenvalue weighted by Gasteiger charge is -2.27. The molecule has 7 nitrogen and oxygen atoms in total. The van der Waals surface area contributed by atoms with E-state index in [0.29, 0.717) is 28.4 Å². The molecule has 0 aliphatic carbocycles. The number of ether oxygens (including phenoxy) is 1. The first kappa shape index (κ1) is 18.0. The van der Waals surface area contributed by atoms with Gasteiger partial charge in [0.1, 0.15) is 11.5 Å². The van der Waals surface area contributed by atoms with Crippen molar-refractivity contribution in [3.05, 3.63) is 54.4 Å². The van der Waals surface area contributed by atoms with Crippen LogP contribution in [-0.4, -0.2) is 50.9 Å². The summed E-state index contributed by atoms with van der Waals surface area (Å²) in [6.45, 7) is 1.55. The molecule has 1 fully saturated rings. The van der Waals surface area contributed by atoms with E-state index in [4.69, 9.17) is 4.74 Å². The van der Waals surface area contributed by atoms with Crippen molar-refractivity contribution >= 4 is 5.91 Å². The molecule has 3 heterocycles. The van der Waals surface area contributed by atoms with Crippen molar-refractivity contribution in [2.75, 3.05) is 20.2 Å². The van der Waals surface area contributed by atoms with Crippen LogP contribution in [0.5, 0.6) is 11.5 Å². The second kappa shape index (κ2) is 7.72. The number of rotatable bonds is 4. The number of phenolic OH excluding ortho intramolecular Hbond substituents is 1. The van der Waals surface area contributed by atoms with E-state index in [-0.39, 0.29) is 11.7 Å². The van der Waals surface area contributed by atoms with Gasteiger partial charge in [0.2, 0.25) is 0 Å². The van der Waals surface area contributed by atoms with Gasteiger partial charge >= 0.3 is 0 Å². The Hall–Kier alpha value is -3.35. The van der Waals surface area contributed by atoms with Gasteiger partial charge in [0, 0.05) is 31.0 Å². The van der Waals surface area contributed by atoms with Crippen molar-refractivity contribution in [1.82, 2.24) is 19.7 Å². The predicted molar refractivity (Wildman–Crippen MR) is 105 cm³/mol. The molecule has 144 valence electrons. The third kappa shape index (κ3) is 3.43. The SMILES string of the molecule is COc1ccc(O)c(-c2ccn(-c3ncccc3C(=O)N3CCCCC3)n2)c1. The van der Waals surface area contributed by atoms with Crippen LogP contribution in [-0.2, 0) is 0 Å². The molecule has 1 aliphatic heterocycles. The van der Waals surface area contributed by atoms with Gasteiger partial charge in [-0.15, -0.1) is 0 Å². The molecule has 0 bridgehead atoms. The highest BCUT2D eigenvalue weighted by atomic mass is 16.5. The van der Waals surface area contributed by atoms with Crippen molar-refractivity contribution in [1.29, 1.82) is 0 Å². The molecular formula is C21H22N4O3. The van der Waals surface area contributed by atoms with Crippen molar-refractivity contribution in [3.63, 3.8) is 0 Å². The maximum Gasteiger partial charge on any atom is 0.257 e. The third-order valence-corrected chi connectivity index (χ3v) is 4.95. The minimum absolute atomic E-state index is 0.0240. The number of aromatic nitrogens is 3. The van der Waals surface area contributed by atoms with Crippen molar-refractivity contribution in [2.45, 2.75) is 19.3 Å². The van der Waals surface area contributed by atoms with Gasteiger partial charge in [-0.25, -0.2) is 9.67 Å². The second-order valence-electron chi connectivity index (χ2n) is 6.76. The molecule has 7 heteroatoms. The Labute approximate surface area is 163 Å². The normalized spacial score (nSPS) is 14.1. The zero-order valence-electron chi connectivity index (χ0n) is 15.7. The van der Waals surface area contributed by atoms with E-state index in [1.165, 1.54) is 0 Å². The lowest BCUT2D eigenvalue weighted by Crippen LogP contribution is -2.36. The predicted octanol–water partition coefficient (Wildman–Crippen LogP) is 3.27. The number of aromatic hydroxyl groups is 1. The van der Waals surface area contributed by atoms with Crippen molar-refractivity contribution < 1.29 is 14.6 Å². The van der Waals surface area contributed by atoms with Crippen LogP contribution in [0.4, 0.5) is 0 Å². The molecule has 28 heavy (non-hydrogen) atoms. The number of amides is 1. The number of phenols is 1. The average Bonchev–Trinajstić information content (AvgIpc) is 3.24. The number of hydrogen-bond acceptors (Lipinski definition) is 5. The fourth-order valence-corrected chi connectivity index (χ4v) is 3.45. The molecule has 0 saturated carbocycles. The fourth-order valence-electron chi connectivity index (χ4n) is 3.45. The quantitative estimate of drug-likeness (QED) is 0.754. The van der Waals surface area contributed by atoms with Gasteiger partial charge in [-0.1, -0.05) is 0 Å². The highest BCUT2D eigenvalue weighted by molar-refractivity contribution is 5.97. The summed E-state index contributed by atoms with van der Waals surface area (Å²) in [5.74, 6) is 1.19. The molecule has 1 saturated heterocycles. The first-order valence-corrected chi connectivity index (χ1v) is 9.35. The molecule has 2 aromatic heterocycles. The summed E-state index contributed by atoms with van der Waals surface area (Å²) in [4.78, 5) is 19.3. The molecule has 1 aromatic carbocycles. The first-order chi connectivity index (χ1) is 13.7. The number of piperidine rings is 1. The van der Waals surface area contributed by atoms with Gasteiger partial charge < -0.3 is 14.7 Å². The van der Waals surface area contributed by atoms with Crippen LogP contribution >= 0.6 is 0 Å². The minimum atomic E-state index is -0.0240. The molecule has 1 amide bonds. The van der Waals surface area contributed by atoms with E-state index < -0.39 is 0 Å². The highest BCUT2D eigenvalue weighted by Crippen LogP contribution is 2.32. The molecule has 4 rings (SSSR count). The van der Waals surface area contributed by atoms with Gasteiger partial charge in [0.15, 0.2) is 5.82 Å². The molecule has 0 unspecified atom stereocenters. The van der Waals surface area contributed by atoms with Gasteiger partial charge in [0.25, 0.3) is 5.91 Å². The van der Waals surface area contributed by atoms with Crippen LogP contribution in [0.15, 0.2) is 48.8 Å². The van der Waals surface area contributed by atoms with E-state index in [1.807, 2.05) is 4.90 Å². The van der Waals surface area contributed by atoms with Crippen molar-refractivity contribution in [2.24, 2.45) is 0 Å². The summed E-state index contributed by atoms with van der Waals surface area (Å²) in [6.07, 6.45) is 6.61. The number of likely N-dealkylation sites (tertiary alicyclic amines) is 1. The summed E-state index contributed by atoms with van der Waals surface area (Å²) in [6, 6.07) is 10.3. The number of pyridine rings is 1. The van der Waals surface area contributed by atoms with E-state index >= 15 is 0 Å². The average molecular weight is 378 g/mol. The first-order valence-electron chi connectivity index (χ1n) is 9.35. The van der Waals surface area contributed by atoms with Gasteiger partial charge in [-0.05, 0) is 55.7 Å². The third-order valence-electron chi connectivity index (χ3n) is 4.95.